The fraction of sp³-hybridized carbons (Fsp3) is 0.250. The van der Waals surface area contributed by atoms with E-state index in [1.165, 1.54) is 17.0 Å². The molecule has 1 N–H and O–H groups in total. The van der Waals surface area contributed by atoms with Gasteiger partial charge in [-0.3, -0.25) is 4.79 Å². The van der Waals surface area contributed by atoms with E-state index in [1.807, 2.05) is 6.07 Å². The van der Waals surface area contributed by atoms with Crippen molar-refractivity contribution in [3.63, 3.8) is 0 Å². The molecule has 0 saturated carbocycles. The molecular weight excluding hydrogens is 350 g/mol. The van der Waals surface area contributed by atoms with Gasteiger partial charge in [-0.2, -0.15) is 0 Å². The molecule has 1 aliphatic rings. The second-order valence-electron chi connectivity index (χ2n) is 6.07. The molecule has 1 amide bonds. The summed E-state index contributed by atoms with van der Waals surface area (Å²) in [6.45, 7) is 0.247. The summed E-state index contributed by atoms with van der Waals surface area (Å²) >= 11 is 0. The van der Waals surface area contributed by atoms with Gasteiger partial charge >= 0.3 is 11.9 Å². The molecule has 0 aliphatic carbocycles. The maximum atomic E-state index is 12.5. The number of amides is 1. The summed E-state index contributed by atoms with van der Waals surface area (Å²) in [5.74, 6) is -1.61. The van der Waals surface area contributed by atoms with E-state index in [9.17, 15) is 19.5 Å². The Morgan fingerprint density at radius 1 is 1.04 bits per heavy atom. The smallest absolute Gasteiger partial charge is 0.339 e. The number of nitrogens with zero attached hydrogens (tertiary/aromatic N) is 1. The summed E-state index contributed by atoms with van der Waals surface area (Å²) < 4.78 is 10.7. The normalized spacial score (nSPS) is 16.0. The molecule has 1 aliphatic heterocycles. The number of hydrogen-bond acceptors (Lipinski definition) is 5. The molecule has 3 rings (SSSR count). The van der Waals surface area contributed by atoms with Crippen LogP contribution in [-0.2, 0) is 9.59 Å². The predicted octanol–water partition coefficient (Wildman–Crippen LogP) is 2.36. The molecule has 0 spiro atoms. The summed E-state index contributed by atoms with van der Waals surface area (Å²) in [5, 5.41) is 9.19. The number of benzene rings is 2. The second-order valence-corrected chi connectivity index (χ2v) is 6.07. The Morgan fingerprint density at radius 3 is 2.48 bits per heavy atom. The van der Waals surface area contributed by atoms with Gasteiger partial charge in [0.25, 0.3) is 5.91 Å². The lowest BCUT2D eigenvalue weighted by atomic mass is 10.2. The molecule has 1 atom stereocenters. The molecule has 7 heteroatoms. The van der Waals surface area contributed by atoms with Gasteiger partial charge in [0.15, 0.2) is 6.61 Å². The van der Waals surface area contributed by atoms with Gasteiger partial charge in [-0.25, -0.2) is 9.59 Å². The van der Waals surface area contributed by atoms with Crippen LogP contribution < -0.4 is 9.47 Å². The lowest BCUT2D eigenvalue weighted by molar-refractivity contribution is -0.147. The molecule has 27 heavy (non-hydrogen) atoms. The number of carbonyl (C=O) groups excluding carboxylic acids is 2. The highest BCUT2D eigenvalue weighted by molar-refractivity contribution is 5.93. The Labute approximate surface area is 156 Å². The summed E-state index contributed by atoms with van der Waals surface area (Å²) in [7, 11) is 0. The first kappa shape index (κ1) is 18.4. The minimum Gasteiger partial charge on any atom is -0.484 e. The quantitative estimate of drug-likeness (QED) is 0.621. The summed E-state index contributed by atoms with van der Waals surface area (Å²) in [4.78, 5) is 37.7. The minimum atomic E-state index is -1.19. The molecule has 0 aromatic heterocycles. The van der Waals surface area contributed by atoms with Crippen molar-refractivity contribution in [1.29, 1.82) is 0 Å². The number of ether oxygens (including phenoxy) is 2. The second kappa shape index (κ2) is 8.35. The largest absolute Gasteiger partial charge is 0.484 e. The van der Waals surface area contributed by atoms with Crippen molar-refractivity contribution in [2.24, 2.45) is 0 Å². The Morgan fingerprint density at radius 2 is 1.74 bits per heavy atom. The number of carboxylic acids is 1. The van der Waals surface area contributed by atoms with Crippen LogP contribution in [0.3, 0.4) is 0 Å². The molecule has 140 valence electrons. The number of hydrogen-bond donors (Lipinski definition) is 1. The van der Waals surface area contributed by atoms with E-state index >= 15 is 0 Å². The summed E-state index contributed by atoms with van der Waals surface area (Å²) in [6.07, 6.45) is 1.13. The van der Waals surface area contributed by atoms with Crippen molar-refractivity contribution < 1.29 is 29.0 Å². The Balaban J connectivity index is 1.64. The third kappa shape index (κ3) is 4.44. The van der Waals surface area contributed by atoms with Crippen molar-refractivity contribution in [3.8, 4) is 11.5 Å². The number of carboxylic acid groups (broad SMARTS) is 1. The van der Waals surface area contributed by atoms with Gasteiger partial charge in [0.05, 0.1) is 0 Å². The predicted molar refractivity (Wildman–Crippen MR) is 95.7 cm³/mol. The number of para-hydroxylation sites is 2. The van der Waals surface area contributed by atoms with Crippen LogP contribution in [0.15, 0.2) is 54.6 Å². The third-order valence-electron chi connectivity index (χ3n) is 4.28. The molecule has 7 nitrogen and oxygen atoms in total. The van der Waals surface area contributed by atoms with Gasteiger partial charge in [-0.15, -0.1) is 0 Å². The average molecular weight is 369 g/mol. The van der Waals surface area contributed by atoms with Gasteiger partial charge < -0.3 is 19.5 Å². The molecule has 1 fully saturated rings. The van der Waals surface area contributed by atoms with Crippen LogP contribution >= 0.6 is 0 Å². The molecule has 2 aromatic rings. The first-order valence-corrected chi connectivity index (χ1v) is 8.57. The van der Waals surface area contributed by atoms with E-state index in [1.54, 1.807) is 36.4 Å². The topological polar surface area (TPSA) is 93.1 Å². The average Bonchev–Trinajstić information content (AvgIpc) is 3.17. The molecule has 0 bridgehead atoms. The number of esters is 1. The van der Waals surface area contributed by atoms with E-state index in [4.69, 9.17) is 9.47 Å². The first-order chi connectivity index (χ1) is 13.1. The van der Waals surface area contributed by atoms with Crippen LogP contribution in [0, 0.1) is 0 Å². The van der Waals surface area contributed by atoms with Crippen molar-refractivity contribution >= 4 is 17.8 Å². The van der Waals surface area contributed by atoms with Crippen LogP contribution in [0.25, 0.3) is 0 Å². The minimum absolute atomic E-state index is 0.0326. The van der Waals surface area contributed by atoms with E-state index in [0.29, 0.717) is 25.1 Å². The standard InChI is InChI=1S/C20H19NO6/c22-18(13-26-14-7-2-1-3-8-14)21-12-6-10-16(21)20(25)27-17-11-5-4-9-15(17)19(23)24/h1-5,7-9,11,16H,6,10,12-13H2,(H,23,24). The van der Waals surface area contributed by atoms with Gasteiger partial charge in [0.1, 0.15) is 23.1 Å². The molecular formula is C20H19NO6. The number of carbonyl (C=O) groups is 3. The lowest BCUT2D eigenvalue weighted by Gasteiger charge is -2.23. The van der Waals surface area contributed by atoms with Gasteiger partial charge in [-0.05, 0) is 37.1 Å². The zero-order chi connectivity index (χ0) is 19.2. The molecule has 1 unspecified atom stereocenters. The number of likely N-dealkylation sites (tertiary alicyclic amines) is 1. The highest BCUT2D eigenvalue weighted by Crippen LogP contribution is 2.23. The fourth-order valence-corrected chi connectivity index (χ4v) is 2.96. The monoisotopic (exact) mass is 369 g/mol. The van der Waals surface area contributed by atoms with Crippen molar-refractivity contribution in [1.82, 2.24) is 4.90 Å². The Hall–Kier alpha value is -3.35. The van der Waals surface area contributed by atoms with Crippen LogP contribution in [0.5, 0.6) is 11.5 Å². The summed E-state index contributed by atoms with van der Waals surface area (Å²) in [6, 6.07) is 14.1. The van der Waals surface area contributed by atoms with Crippen molar-refractivity contribution in [3.05, 3.63) is 60.2 Å². The van der Waals surface area contributed by atoms with Gasteiger partial charge in [-0.1, -0.05) is 30.3 Å². The maximum absolute atomic E-state index is 12.5. The van der Waals surface area contributed by atoms with Gasteiger partial charge in [0, 0.05) is 6.54 Å². The van der Waals surface area contributed by atoms with E-state index in [-0.39, 0.29) is 23.8 Å². The van der Waals surface area contributed by atoms with Crippen LogP contribution in [0.1, 0.15) is 23.2 Å². The van der Waals surface area contributed by atoms with Crippen molar-refractivity contribution in [2.45, 2.75) is 18.9 Å². The van der Waals surface area contributed by atoms with E-state index in [0.717, 1.165) is 0 Å². The number of rotatable bonds is 6. The molecule has 1 saturated heterocycles. The summed E-state index contributed by atoms with van der Waals surface area (Å²) in [5.41, 5.74) is -0.103. The zero-order valence-corrected chi connectivity index (χ0v) is 14.5. The van der Waals surface area contributed by atoms with Gasteiger partial charge in [0.2, 0.25) is 0 Å². The van der Waals surface area contributed by atoms with Crippen LogP contribution in [0.2, 0.25) is 0 Å². The fourth-order valence-electron chi connectivity index (χ4n) is 2.96. The number of aromatic carboxylic acids is 1. The first-order valence-electron chi connectivity index (χ1n) is 8.57. The third-order valence-corrected chi connectivity index (χ3v) is 4.28. The van der Waals surface area contributed by atoms with Crippen LogP contribution in [0.4, 0.5) is 0 Å². The molecule has 1 heterocycles. The Bertz CT molecular complexity index is 835. The Kier molecular flexibility index (Phi) is 5.71. The van der Waals surface area contributed by atoms with E-state index in [2.05, 4.69) is 0 Å². The van der Waals surface area contributed by atoms with Crippen molar-refractivity contribution in [2.75, 3.05) is 13.2 Å². The SMILES string of the molecule is O=C(O)c1ccccc1OC(=O)C1CCCN1C(=O)COc1ccccc1. The molecule has 0 radical (unpaired) electrons. The zero-order valence-electron chi connectivity index (χ0n) is 14.5. The maximum Gasteiger partial charge on any atom is 0.339 e. The lowest BCUT2D eigenvalue weighted by Crippen LogP contribution is -2.44. The molecule has 2 aromatic carbocycles. The highest BCUT2D eigenvalue weighted by atomic mass is 16.5. The van der Waals surface area contributed by atoms with Crippen LogP contribution in [-0.4, -0.2) is 47.0 Å². The highest BCUT2D eigenvalue weighted by Gasteiger charge is 2.36. The van der Waals surface area contributed by atoms with E-state index < -0.39 is 18.0 Å².